The third kappa shape index (κ3) is 2.05. The smallest absolute Gasteiger partial charge is 0.0447 e. The van der Waals surface area contributed by atoms with Crippen LogP contribution in [0.4, 0.5) is 0 Å². The topological polar surface area (TPSA) is 4.93 Å². The maximum atomic E-state index is 3.79. The molecule has 0 N–H and O–H groups in total. The van der Waals surface area contributed by atoms with Crippen LogP contribution in [0.15, 0.2) is 37.4 Å². The number of hydrogen-bond donors (Lipinski definition) is 0. The van der Waals surface area contributed by atoms with Crippen LogP contribution in [0.25, 0.3) is 12.3 Å². The summed E-state index contributed by atoms with van der Waals surface area (Å²) in [4.78, 5) is 0. The van der Waals surface area contributed by atoms with Gasteiger partial charge < -0.3 is 4.57 Å². The number of rotatable bonds is 4. The molecule has 74 valence electrons. The van der Waals surface area contributed by atoms with Gasteiger partial charge in [0.25, 0.3) is 0 Å². The summed E-state index contributed by atoms with van der Waals surface area (Å²) in [5, 5.41) is 0. The minimum absolute atomic E-state index is 0.512. The van der Waals surface area contributed by atoms with E-state index in [-0.39, 0.29) is 0 Å². The number of aromatic nitrogens is 1. The molecule has 1 aromatic rings. The molecule has 1 aromatic heterocycles. The van der Waals surface area contributed by atoms with Crippen LogP contribution in [-0.4, -0.2) is 4.57 Å². The lowest BCUT2D eigenvalue weighted by atomic mass is 10.1. The minimum Gasteiger partial charge on any atom is -0.321 e. The van der Waals surface area contributed by atoms with E-state index >= 15 is 0 Å². The summed E-state index contributed by atoms with van der Waals surface area (Å²) >= 11 is 0. The van der Waals surface area contributed by atoms with Crippen LogP contribution >= 0.6 is 0 Å². The summed E-state index contributed by atoms with van der Waals surface area (Å²) in [5.74, 6) is 0.512. The van der Waals surface area contributed by atoms with E-state index in [1.165, 1.54) is 5.69 Å². The van der Waals surface area contributed by atoms with E-state index in [2.05, 4.69) is 43.7 Å². The lowest BCUT2D eigenvalue weighted by Gasteiger charge is -2.09. The second-order valence-electron chi connectivity index (χ2n) is 3.49. The van der Waals surface area contributed by atoms with Crippen molar-refractivity contribution in [1.29, 1.82) is 0 Å². The SMILES string of the molecule is C=C/C=C\n1c(C=C)ccc1C(C)C. The number of nitrogens with zero attached hydrogens (tertiary/aromatic N) is 1. The molecule has 0 bridgehead atoms. The average Bonchev–Trinajstić information content (AvgIpc) is 2.57. The van der Waals surface area contributed by atoms with E-state index in [1.807, 2.05) is 18.4 Å². The van der Waals surface area contributed by atoms with Crippen molar-refractivity contribution in [2.24, 2.45) is 0 Å². The summed E-state index contributed by atoms with van der Waals surface area (Å²) in [7, 11) is 0. The second kappa shape index (κ2) is 4.66. The monoisotopic (exact) mass is 187 g/mol. The molecule has 0 unspecified atom stereocenters. The van der Waals surface area contributed by atoms with Gasteiger partial charge in [-0.15, -0.1) is 0 Å². The first-order valence-corrected chi connectivity index (χ1v) is 4.83. The van der Waals surface area contributed by atoms with Gasteiger partial charge in [-0.25, -0.2) is 0 Å². The largest absolute Gasteiger partial charge is 0.321 e. The highest BCUT2D eigenvalue weighted by Gasteiger charge is 2.06. The van der Waals surface area contributed by atoms with Crippen LogP contribution in [0, 0.1) is 0 Å². The van der Waals surface area contributed by atoms with Gasteiger partial charge in [-0.2, -0.15) is 0 Å². The molecule has 1 nitrogen and oxygen atoms in total. The molecule has 0 aliphatic rings. The first-order chi connectivity index (χ1) is 6.70. The van der Waals surface area contributed by atoms with Gasteiger partial charge in [0.2, 0.25) is 0 Å². The maximum Gasteiger partial charge on any atom is 0.0447 e. The van der Waals surface area contributed by atoms with E-state index in [4.69, 9.17) is 0 Å². The van der Waals surface area contributed by atoms with Crippen LogP contribution in [0.3, 0.4) is 0 Å². The van der Waals surface area contributed by atoms with Crippen molar-refractivity contribution >= 4 is 12.3 Å². The van der Waals surface area contributed by atoms with Crippen LogP contribution in [-0.2, 0) is 0 Å². The summed E-state index contributed by atoms with van der Waals surface area (Å²) in [5.41, 5.74) is 2.41. The summed E-state index contributed by atoms with van der Waals surface area (Å²) in [6.07, 6.45) is 7.58. The zero-order chi connectivity index (χ0) is 10.6. The van der Waals surface area contributed by atoms with E-state index in [9.17, 15) is 0 Å². The van der Waals surface area contributed by atoms with Gasteiger partial charge in [-0.3, -0.25) is 0 Å². The second-order valence-corrected chi connectivity index (χ2v) is 3.49. The third-order valence-electron chi connectivity index (χ3n) is 2.15. The fraction of sp³-hybridized carbons (Fsp3) is 0.231. The van der Waals surface area contributed by atoms with Crippen molar-refractivity contribution in [3.05, 3.63) is 48.8 Å². The molecule has 0 radical (unpaired) electrons. The molecule has 0 aliphatic carbocycles. The van der Waals surface area contributed by atoms with Gasteiger partial charge in [0.15, 0.2) is 0 Å². The summed E-state index contributed by atoms with van der Waals surface area (Å²) in [6.45, 7) is 11.8. The summed E-state index contributed by atoms with van der Waals surface area (Å²) in [6, 6.07) is 4.21. The maximum absolute atomic E-state index is 3.79. The molecule has 0 atom stereocenters. The molecule has 1 rings (SSSR count). The quantitative estimate of drug-likeness (QED) is 0.630. The molecule has 1 heteroatoms. The van der Waals surface area contributed by atoms with Crippen LogP contribution in [0.1, 0.15) is 31.2 Å². The zero-order valence-electron chi connectivity index (χ0n) is 8.90. The number of allylic oxidation sites excluding steroid dienone is 2. The molecule has 0 fully saturated rings. The Morgan fingerprint density at radius 2 is 2.00 bits per heavy atom. The Kier molecular flexibility index (Phi) is 3.52. The fourth-order valence-corrected chi connectivity index (χ4v) is 1.44. The molecule has 0 aromatic carbocycles. The molecule has 0 amide bonds. The van der Waals surface area contributed by atoms with E-state index < -0.39 is 0 Å². The molecule has 0 saturated carbocycles. The van der Waals surface area contributed by atoms with E-state index in [0.717, 1.165) is 5.69 Å². The van der Waals surface area contributed by atoms with E-state index in [0.29, 0.717) is 5.92 Å². The Morgan fingerprint density at radius 1 is 1.29 bits per heavy atom. The van der Waals surface area contributed by atoms with Gasteiger partial charge in [0, 0.05) is 17.6 Å². The van der Waals surface area contributed by atoms with Crippen molar-refractivity contribution in [2.75, 3.05) is 0 Å². The molecular formula is C13H17N. The first kappa shape index (κ1) is 10.6. The van der Waals surface area contributed by atoms with Gasteiger partial charge in [0.1, 0.15) is 0 Å². The van der Waals surface area contributed by atoms with Crippen molar-refractivity contribution in [3.8, 4) is 0 Å². The minimum atomic E-state index is 0.512. The van der Waals surface area contributed by atoms with Gasteiger partial charge >= 0.3 is 0 Å². The van der Waals surface area contributed by atoms with Crippen molar-refractivity contribution in [3.63, 3.8) is 0 Å². The lowest BCUT2D eigenvalue weighted by molar-refractivity contribution is 0.800. The van der Waals surface area contributed by atoms with Crippen molar-refractivity contribution in [1.82, 2.24) is 4.57 Å². The lowest BCUT2D eigenvalue weighted by Crippen LogP contribution is -1.98. The molecular weight excluding hydrogens is 170 g/mol. The summed E-state index contributed by atoms with van der Waals surface area (Å²) < 4.78 is 2.14. The molecule has 0 spiro atoms. The Balaban J connectivity index is 3.18. The Bertz CT molecular complexity index is 353. The van der Waals surface area contributed by atoms with Gasteiger partial charge in [-0.05, 0) is 30.2 Å². The Morgan fingerprint density at radius 3 is 2.50 bits per heavy atom. The fourth-order valence-electron chi connectivity index (χ4n) is 1.44. The zero-order valence-corrected chi connectivity index (χ0v) is 8.90. The first-order valence-electron chi connectivity index (χ1n) is 4.83. The van der Waals surface area contributed by atoms with Gasteiger partial charge in [0.05, 0.1) is 0 Å². The average molecular weight is 187 g/mol. The normalized spacial score (nSPS) is 11.1. The van der Waals surface area contributed by atoms with Crippen LogP contribution in [0.2, 0.25) is 0 Å². The Labute approximate surface area is 86.1 Å². The molecule has 1 heterocycles. The predicted octanol–water partition coefficient (Wildman–Crippen LogP) is 3.91. The standard InChI is InChI=1S/C13H17N/c1-5-7-10-14-12(6-2)8-9-13(14)11(3)4/h5-11H,1-2H2,3-4H3/b10-7-. The van der Waals surface area contributed by atoms with Gasteiger partial charge in [-0.1, -0.05) is 33.1 Å². The predicted molar refractivity (Wildman–Crippen MR) is 64.1 cm³/mol. The number of hydrogen-bond acceptors (Lipinski definition) is 0. The van der Waals surface area contributed by atoms with Crippen LogP contribution < -0.4 is 0 Å². The molecule has 0 saturated heterocycles. The molecule has 0 aliphatic heterocycles. The third-order valence-corrected chi connectivity index (χ3v) is 2.15. The van der Waals surface area contributed by atoms with Crippen molar-refractivity contribution in [2.45, 2.75) is 19.8 Å². The van der Waals surface area contributed by atoms with E-state index in [1.54, 1.807) is 6.08 Å². The Hall–Kier alpha value is -1.50. The highest BCUT2D eigenvalue weighted by molar-refractivity contribution is 5.50. The van der Waals surface area contributed by atoms with Crippen molar-refractivity contribution < 1.29 is 0 Å². The van der Waals surface area contributed by atoms with Crippen LogP contribution in [0.5, 0.6) is 0 Å². The molecule has 14 heavy (non-hydrogen) atoms. The highest BCUT2D eigenvalue weighted by Crippen LogP contribution is 2.19. The highest BCUT2D eigenvalue weighted by atomic mass is 15.0.